The third kappa shape index (κ3) is 5.60. The summed E-state index contributed by atoms with van der Waals surface area (Å²) < 4.78 is 10.4. The monoisotopic (exact) mass is 296 g/mol. The fourth-order valence-corrected chi connectivity index (χ4v) is 1.39. The van der Waals surface area contributed by atoms with Gasteiger partial charge >= 0.3 is 12.0 Å². The zero-order chi connectivity index (χ0) is 15.9. The van der Waals surface area contributed by atoms with Crippen LogP contribution in [-0.4, -0.2) is 42.9 Å². The minimum Gasteiger partial charge on any atom is -0.497 e. The van der Waals surface area contributed by atoms with E-state index in [1.54, 1.807) is 31.4 Å². The highest BCUT2D eigenvalue weighted by Crippen LogP contribution is 2.16. The number of hydrogen-bond acceptors (Lipinski definition) is 4. The van der Waals surface area contributed by atoms with Gasteiger partial charge in [0.25, 0.3) is 0 Å². The Hall–Kier alpha value is -2.44. The molecule has 1 aromatic carbocycles. The van der Waals surface area contributed by atoms with E-state index in [0.29, 0.717) is 5.75 Å². The minimum absolute atomic E-state index is 0.258. The Kier molecular flexibility index (Phi) is 5.83. The molecule has 3 N–H and O–H groups in total. The molecule has 0 bridgehead atoms. The molecule has 1 rings (SSSR count). The van der Waals surface area contributed by atoms with Gasteiger partial charge in [-0.05, 0) is 38.1 Å². The summed E-state index contributed by atoms with van der Waals surface area (Å²) in [6, 6.07) is 6.50. The van der Waals surface area contributed by atoms with Crippen molar-refractivity contribution in [3.05, 3.63) is 24.3 Å². The van der Waals surface area contributed by atoms with Crippen LogP contribution in [0.1, 0.15) is 13.8 Å². The molecule has 7 nitrogen and oxygen atoms in total. The van der Waals surface area contributed by atoms with Crippen molar-refractivity contribution in [3.63, 3.8) is 0 Å². The van der Waals surface area contributed by atoms with Crippen molar-refractivity contribution in [2.45, 2.75) is 19.4 Å². The van der Waals surface area contributed by atoms with Crippen LogP contribution >= 0.6 is 0 Å². The van der Waals surface area contributed by atoms with Crippen molar-refractivity contribution in [2.24, 2.45) is 0 Å². The molecular formula is C14H20N2O5. The third-order valence-electron chi connectivity index (χ3n) is 2.68. The lowest BCUT2D eigenvalue weighted by molar-refractivity contribution is -0.142. The smallest absolute Gasteiger partial charge is 0.328 e. The van der Waals surface area contributed by atoms with Crippen LogP contribution < -0.4 is 20.1 Å². The second-order valence-electron chi connectivity index (χ2n) is 4.84. The zero-order valence-electron chi connectivity index (χ0n) is 12.3. The van der Waals surface area contributed by atoms with Gasteiger partial charge in [-0.2, -0.15) is 0 Å². The molecule has 2 amide bonds. The number of aliphatic carboxylic acids is 1. The van der Waals surface area contributed by atoms with Crippen LogP contribution in [0.4, 0.5) is 4.79 Å². The molecule has 0 spiro atoms. The summed E-state index contributed by atoms with van der Waals surface area (Å²) in [5, 5.41) is 13.7. The average Bonchev–Trinajstić information content (AvgIpc) is 2.43. The van der Waals surface area contributed by atoms with Crippen LogP contribution in [0.3, 0.4) is 0 Å². The van der Waals surface area contributed by atoms with Gasteiger partial charge in [0.05, 0.1) is 13.7 Å². The van der Waals surface area contributed by atoms with E-state index in [-0.39, 0.29) is 13.2 Å². The number of carboxylic acids is 1. The number of urea groups is 1. The van der Waals surface area contributed by atoms with Gasteiger partial charge in [-0.15, -0.1) is 0 Å². The molecule has 0 radical (unpaired) electrons. The molecule has 21 heavy (non-hydrogen) atoms. The SMILES string of the molecule is COc1ccc(OCCNC(=O)NC(C)(C)C(=O)O)cc1. The van der Waals surface area contributed by atoms with Crippen LogP contribution in [0, 0.1) is 0 Å². The fraction of sp³-hybridized carbons (Fsp3) is 0.429. The Morgan fingerprint density at radius 2 is 1.76 bits per heavy atom. The predicted molar refractivity (Wildman–Crippen MR) is 76.7 cm³/mol. The lowest BCUT2D eigenvalue weighted by Crippen LogP contribution is -2.53. The van der Waals surface area contributed by atoms with Crippen LogP contribution in [0.2, 0.25) is 0 Å². The molecule has 0 fully saturated rings. The summed E-state index contributed by atoms with van der Waals surface area (Å²) in [7, 11) is 1.58. The number of amides is 2. The number of carbonyl (C=O) groups is 2. The molecule has 0 saturated heterocycles. The van der Waals surface area contributed by atoms with Crippen molar-refractivity contribution in [1.82, 2.24) is 10.6 Å². The number of methoxy groups -OCH3 is 1. The van der Waals surface area contributed by atoms with Crippen LogP contribution in [0.15, 0.2) is 24.3 Å². The highest BCUT2D eigenvalue weighted by molar-refractivity contribution is 5.85. The first-order chi connectivity index (χ1) is 9.85. The first kappa shape index (κ1) is 16.6. The van der Waals surface area contributed by atoms with Crippen molar-refractivity contribution in [2.75, 3.05) is 20.3 Å². The Morgan fingerprint density at radius 3 is 2.29 bits per heavy atom. The average molecular weight is 296 g/mol. The summed E-state index contributed by atoms with van der Waals surface area (Å²) in [6.45, 7) is 3.34. The van der Waals surface area contributed by atoms with E-state index in [2.05, 4.69) is 10.6 Å². The summed E-state index contributed by atoms with van der Waals surface area (Å²) in [5.41, 5.74) is -1.32. The second-order valence-corrected chi connectivity index (χ2v) is 4.84. The summed E-state index contributed by atoms with van der Waals surface area (Å²) in [6.07, 6.45) is 0. The largest absolute Gasteiger partial charge is 0.497 e. The Labute approximate surface area is 123 Å². The fourth-order valence-electron chi connectivity index (χ4n) is 1.39. The van der Waals surface area contributed by atoms with E-state index in [0.717, 1.165) is 5.75 Å². The lowest BCUT2D eigenvalue weighted by Gasteiger charge is -2.21. The number of carboxylic acid groups (broad SMARTS) is 1. The zero-order valence-corrected chi connectivity index (χ0v) is 12.3. The predicted octanol–water partition coefficient (Wildman–Crippen LogP) is 1.24. The van der Waals surface area contributed by atoms with E-state index >= 15 is 0 Å². The number of nitrogens with one attached hydrogen (secondary N) is 2. The van der Waals surface area contributed by atoms with E-state index in [1.807, 2.05) is 0 Å². The normalized spacial score (nSPS) is 10.6. The first-order valence-electron chi connectivity index (χ1n) is 6.41. The van der Waals surface area contributed by atoms with Crippen molar-refractivity contribution in [1.29, 1.82) is 0 Å². The molecule has 0 heterocycles. The molecule has 0 aliphatic rings. The van der Waals surface area contributed by atoms with Crippen LogP contribution in [0.5, 0.6) is 11.5 Å². The number of rotatable bonds is 7. The van der Waals surface area contributed by atoms with Crippen LogP contribution in [0.25, 0.3) is 0 Å². The van der Waals surface area contributed by atoms with E-state index in [4.69, 9.17) is 14.6 Å². The Bertz CT molecular complexity index is 485. The Balaban J connectivity index is 2.27. The lowest BCUT2D eigenvalue weighted by atomic mass is 10.1. The molecule has 0 atom stereocenters. The summed E-state index contributed by atoms with van der Waals surface area (Å²) in [4.78, 5) is 22.3. The third-order valence-corrected chi connectivity index (χ3v) is 2.68. The van der Waals surface area contributed by atoms with Gasteiger partial charge in [-0.3, -0.25) is 0 Å². The van der Waals surface area contributed by atoms with Gasteiger partial charge in [0.1, 0.15) is 23.6 Å². The number of hydrogen-bond donors (Lipinski definition) is 3. The minimum atomic E-state index is -1.32. The van der Waals surface area contributed by atoms with Gasteiger partial charge in [-0.1, -0.05) is 0 Å². The quantitative estimate of drug-likeness (QED) is 0.658. The molecule has 1 aromatic rings. The maximum atomic E-state index is 11.5. The number of benzene rings is 1. The summed E-state index contributed by atoms with van der Waals surface area (Å²) in [5.74, 6) is 0.284. The molecule has 0 aromatic heterocycles. The van der Waals surface area contributed by atoms with Gasteiger partial charge in [0.15, 0.2) is 0 Å². The van der Waals surface area contributed by atoms with Gasteiger partial charge in [0.2, 0.25) is 0 Å². The number of carbonyl (C=O) groups excluding carboxylic acids is 1. The summed E-state index contributed by atoms with van der Waals surface area (Å²) >= 11 is 0. The van der Waals surface area contributed by atoms with Gasteiger partial charge in [0, 0.05) is 0 Å². The Morgan fingerprint density at radius 1 is 1.19 bits per heavy atom. The molecule has 0 unspecified atom stereocenters. The second kappa shape index (κ2) is 7.37. The topological polar surface area (TPSA) is 96.9 Å². The molecule has 0 aliphatic heterocycles. The van der Waals surface area contributed by atoms with Gasteiger partial charge < -0.3 is 25.2 Å². The van der Waals surface area contributed by atoms with Crippen molar-refractivity contribution in [3.8, 4) is 11.5 Å². The molecule has 0 saturated carbocycles. The van der Waals surface area contributed by atoms with Crippen molar-refractivity contribution < 1.29 is 24.2 Å². The highest BCUT2D eigenvalue weighted by atomic mass is 16.5. The van der Waals surface area contributed by atoms with Crippen molar-refractivity contribution >= 4 is 12.0 Å². The maximum absolute atomic E-state index is 11.5. The molecule has 7 heteroatoms. The molecular weight excluding hydrogens is 276 g/mol. The van der Waals surface area contributed by atoms with E-state index in [9.17, 15) is 9.59 Å². The highest BCUT2D eigenvalue weighted by Gasteiger charge is 2.28. The number of ether oxygens (including phenoxy) is 2. The standard InChI is InChI=1S/C14H20N2O5/c1-14(2,12(17)18)16-13(19)15-8-9-21-11-6-4-10(20-3)5-7-11/h4-7H,8-9H2,1-3H3,(H,17,18)(H2,15,16,19). The molecule has 116 valence electrons. The van der Waals surface area contributed by atoms with Crippen LogP contribution in [-0.2, 0) is 4.79 Å². The molecule has 0 aliphatic carbocycles. The van der Waals surface area contributed by atoms with E-state index in [1.165, 1.54) is 13.8 Å². The maximum Gasteiger partial charge on any atom is 0.328 e. The van der Waals surface area contributed by atoms with E-state index < -0.39 is 17.5 Å². The first-order valence-corrected chi connectivity index (χ1v) is 6.41. The van der Waals surface area contributed by atoms with Gasteiger partial charge in [-0.25, -0.2) is 9.59 Å².